The first-order valence-electron chi connectivity index (χ1n) is 9.33. The molecule has 1 aliphatic rings. The van der Waals surface area contributed by atoms with Crippen molar-refractivity contribution in [1.29, 1.82) is 0 Å². The molecule has 0 radical (unpaired) electrons. The van der Waals surface area contributed by atoms with E-state index in [0.29, 0.717) is 19.8 Å². The highest BCUT2D eigenvalue weighted by Crippen LogP contribution is 2.31. The molecule has 0 aliphatic carbocycles. The predicted molar refractivity (Wildman–Crippen MR) is 108 cm³/mol. The van der Waals surface area contributed by atoms with Gasteiger partial charge in [0.05, 0.1) is 24.5 Å². The number of H-pyrrole nitrogens is 1. The van der Waals surface area contributed by atoms with Gasteiger partial charge in [0.15, 0.2) is 4.77 Å². The monoisotopic (exact) mass is 442 g/mol. The third-order valence-corrected chi connectivity index (χ3v) is 4.92. The van der Waals surface area contributed by atoms with Crippen molar-refractivity contribution in [2.24, 2.45) is 4.99 Å². The lowest BCUT2D eigenvalue weighted by molar-refractivity contribution is -0.137. The quantitative estimate of drug-likeness (QED) is 0.409. The van der Waals surface area contributed by atoms with Crippen molar-refractivity contribution < 1.29 is 23.0 Å². The second-order valence-electron chi connectivity index (χ2n) is 6.72. The number of hydrogen-bond acceptors (Lipinski definition) is 6. The highest BCUT2D eigenvalue weighted by atomic mass is 32.1. The molecule has 0 unspecified atom stereocenters. The average molecular weight is 442 g/mol. The molecule has 162 valence electrons. The van der Waals surface area contributed by atoms with Crippen molar-refractivity contribution in [3.63, 3.8) is 0 Å². The van der Waals surface area contributed by atoms with Gasteiger partial charge in [0, 0.05) is 32.4 Å². The molecule has 30 heavy (non-hydrogen) atoms. The van der Waals surface area contributed by atoms with Gasteiger partial charge < -0.3 is 9.84 Å². The first kappa shape index (κ1) is 22.2. The first-order chi connectivity index (χ1) is 14.3. The van der Waals surface area contributed by atoms with E-state index in [1.165, 1.54) is 18.3 Å². The van der Waals surface area contributed by atoms with Crippen LogP contribution in [-0.4, -0.2) is 65.2 Å². The van der Waals surface area contributed by atoms with Gasteiger partial charge in [-0.25, -0.2) is 0 Å². The minimum absolute atomic E-state index is 0.0226. The van der Waals surface area contributed by atoms with Crippen molar-refractivity contribution in [3.8, 4) is 11.6 Å². The molecule has 0 spiro atoms. The van der Waals surface area contributed by atoms with Gasteiger partial charge in [-0.15, -0.1) is 0 Å². The maximum absolute atomic E-state index is 13.0. The smallest absolute Gasteiger partial charge is 0.416 e. The molecule has 2 heterocycles. The predicted octanol–water partition coefficient (Wildman–Crippen LogP) is 2.76. The number of alkyl halides is 3. The van der Waals surface area contributed by atoms with E-state index in [1.54, 1.807) is 0 Å². The van der Waals surface area contributed by atoms with Gasteiger partial charge in [-0.3, -0.25) is 24.2 Å². The number of rotatable bonds is 6. The molecule has 7 nitrogen and oxygen atoms in total. The number of halogens is 3. The molecule has 1 aromatic carbocycles. The zero-order chi connectivity index (χ0) is 21.7. The van der Waals surface area contributed by atoms with Gasteiger partial charge in [-0.05, 0) is 36.8 Å². The van der Waals surface area contributed by atoms with Crippen LogP contribution in [0.4, 0.5) is 13.2 Å². The summed E-state index contributed by atoms with van der Waals surface area (Å²) < 4.78 is 45.1. The normalized spacial score (nSPS) is 15.7. The minimum atomic E-state index is -4.55. The Bertz CT molecular complexity index is 1030. The van der Waals surface area contributed by atoms with Crippen molar-refractivity contribution in [3.05, 3.63) is 50.5 Å². The molecule has 2 aromatic rings. The van der Waals surface area contributed by atoms with Gasteiger partial charge >= 0.3 is 6.18 Å². The van der Waals surface area contributed by atoms with Gasteiger partial charge in [0.2, 0.25) is 5.88 Å². The Labute approximate surface area is 175 Å². The molecular weight excluding hydrogens is 421 g/mol. The molecule has 0 bridgehead atoms. The third kappa shape index (κ3) is 5.35. The summed E-state index contributed by atoms with van der Waals surface area (Å²) in [4.78, 5) is 21.0. The van der Waals surface area contributed by atoms with Crippen LogP contribution in [0, 0.1) is 4.77 Å². The summed E-state index contributed by atoms with van der Waals surface area (Å²) in [5.41, 5.74) is -1.76. The van der Waals surface area contributed by atoms with Crippen molar-refractivity contribution in [1.82, 2.24) is 14.5 Å². The number of hydrogen-bond donors (Lipinski definition) is 2. The lowest BCUT2D eigenvalue weighted by atomic mass is 10.2. The summed E-state index contributed by atoms with van der Waals surface area (Å²) in [6.45, 7) is 4.39. The minimum Gasteiger partial charge on any atom is -0.494 e. The van der Waals surface area contributed by atoms with Crippen LogP contribution >= 0.6 is 12.2 Å². The molecule has 2 N–H and O–H groups in total. The summed E-state index contributed by atoms with van der Waals surface area (Å²) >= 11 is 5.04. The van der Waals surface area contributed by atoms with Crippen molar-refractivity contribution >= 4 is 18.4 Å². The van der Waals surface area contributed by atoms with E-state index in [2.05, 4.69) is 14.9 Å². The Balaban J connectivity index is 1.80. The molecule has 0 atom stereocenters. The zero-order valence-electron chi connectivity index (χ0n) is 16.0. The fourth-order valence-corrected chi connectivity index (χ4v) is 3.37. The van der Waals surface area contributed by atoms with Crippen LogP contribution in [0.1, 0.15) is 17.5 Å². The Morgan fingerprint density at radius 2 is 2.03 bits per heavy atom. The molecule has 1 fully saturated rings. The van der Waals surface area contributed by atoms with Crippen LogP contribution in [0.15, 0.2) is 34.1 Å². The fraction of sp³-hybridized carbons (Fsp3) is 0.421. The van der Waals surface area contributed by atoms with E-state index in [1.807, 2.05) is 0 Å². The molecule has 1 aliphatic heterocycles. The Morgan fingerprint density at radius 3 is 2.73 bits per heavy atom. The van der Waals surface area contributed by atoms with E-state index in [0.717, 1.165) is 42.8 Å². The SMILES string of the molecule is O=c1[nH]c(=S)n(-c2cccc(C(F)(F)F)c2)c(O)c1C=NCCCN1CCOCC1. The Morgan fingerprint density at radius 1 is 1.30 bits per heavy atom. The highest BCUT2D eigenvalue weighted by Gasteiger charge is 2.30. The maximum atomic E-state index is 13.0. The summed E-state index contributed by atoms with van der Waals surface area (Å²) in [5, 5.41) is 10.5. The molecular formula is C19H21F3N4O3S. The lowest BCUT2D eigenvalue weighted by Gasteiger charge is -2.26. The van der Waals surface area contributed by atoms with E-state index < -0.39 is 23.2 Å². The van der Waals surface area contributed by atoms with E-state index in [4.69, 9.17) is 17.0 Å². The van der Waals surface area contributed by atoms with Gasteiger partial charge in [-0.1, -0.05) is 6.07 Å². The Kier molecular flexibility index (Phi) is 7.06. The van der Waals surface area contributed by atoms with Gasteiger partial charge in [-0.2, -0.15) is 13.2 Å². The molecule has 0 amide bonds. The second kappa shape index (κ2) is 9.54. The number of ether oxygens (including phenoxy) is 1. The molecule has 1 saturated heterocycles. The number of benzene rings is 1. The number of nitrogens with one attached hydrogen (secondary N) is 1. The molecule has 0 saturated carbocycles. The van der Waals surface area contributed by atoms with Crippen LogP contribution in [0.25, 0.3) is 5.69 Å². The van der Waals surface area contributed by atoms with Crippen LogP contribution in [-0.2, 0) is 10.9 Å². The topological polar surface area (TPSA) is 82.8 Å². The van der Waals surface area contributed by atoms with Crippen LogP contribution in [0.3, 0.4) is 0 Å². The van der Waals surface area contributed by atoms with Gasteiger partial charge in [0.1, 0.15) is 5.56 Å². The molecule has 1 aromatic heterocycles. The van der Waals surface area contributed by atoms with E-state index >= 15 is 0 Å². The number of aromatic hydroxyl groups is 1. The molecule has 11 heteroatoms. The highest BCUT2D eigenvalue weighted by molar-refractivity contribution is 7.71. The number of aromatic nitrogens is 2. The van der Waals surface area contributed by atoms with Crippen LogP contribution in [0.2, 0.25) is 0 Å². The number of morpholine rings is 1. The summed E-state index contributed by atoms with van der Waals surface area (Å²) in [6, 6.07) is 4.31. The van der Waals surface area contributed by atoms with Crippen LogP contribution in [0.5, 0.6) is 5.88 Å². The zero-order valence-corrected chi connectivity index (χ0v) is 16.8. The van der Waals surface area contributed by atoms with Gasteiger partial charge in [0.25, 0.3) is 5.56 Å². The standard InChI is InChI=1S/C19H21F3N4O3S/c20-19(21,22)13-3-1-4-14(11-13)26-17(28)15(16(27)24-18(26)30)12-23-5-2-6-25-7-9-29-10-8-25/h1,3-4,11-12,28H,2,5-10H2,(H,24,27,30). The maximum Gasteiger partial charge on any atom is 0.416 e. The van der Waals surface area contributed by atoms with Crippen LogP contribution < -0.4 is 5.56 Å². The van der Waals surface area contributed by atoms with E-state index in [-0.39, 0.29) is 16.0 Å². The average Bonchev–Trinajstić information content (AvgIpc) is 2.70. The van der Waals surface area contributed by atoms with Crippen molar-refractivity contribution in [2.75, 3.05) is 39.4 Å². The van der Waals surface area contributed by atoms with E-state index in [9.17, 15) is 23.1 Å². The fourth-order valence-electron chi connectivity index (χ4n) is 3.08. The summed E-state index contributed by atoms with van der Waals surface area (Å²) in [6.07, 6.45) is -2.59. The number of aromatic amines is 1. The van der Waals surface area contributed by atoms with Crippen molar-refractivity contribution in [2.45, 2.75) is 12.6 Å². The largest absolute Gasteiger partial charge is 0.494 e. The molecule has 3 rings (SSSR count). The second-order valence-corrected chi connectivity index (χ2v) is 7.11. The third-order valence-electron chi connectivity index (χ3n) is 4.64. The Hall–Kier alpha value is -2.50. The summed E-state index contributed by atoms with van der Waals surface area (Å²) in [7, 11) is 0. The summed E-state index contributed by atoms with van der Waals surface area (Å²) in [5.74, 6) is -0.569. The number of aliphatic imine (C=N–C) groups is 1. The number of nitrogens with zero attached hydrogens (tertiary/aromatic N) is 3. The lowest BCUT2D eigenvalue weighted by Crippen LogP contribution is -2.37. The first-order valence-corrected chi connectivity index (χ1v) is 9.74.